The van der Waals surface area contributed by atoms with Crippen LogP contribution in [0.5, 0.6) is 0 Å². The van der Waals surface area contributed by atoms with Crippen LogP contribution >= 0.6 is 0 Å². The summed E-state index contributed by atoms with van der Waals surface area (Å²) in [7, 11) is 0. The van der Waals surface area contributed by atoms with Crippen molar-refractivity contribution in [3.05, 3.63) is 0 Å². The lowest BCUT2D eigenvalue weighted by Gasteiger charge is -2.39. The van der Waals surface area contributed by atoms with Crippen LogP contribution in [0.3, 0.4) is 0 Å². The van der Waals surface area contributed by atoms with Crippen molar-refractivity contribution in [2.45, 2.75) is 58.9 Å². The van der Waals surface area contributed by atoms with E-state index in [9.17, 15) is 0 Å². The molecule has 2 heteroatoms. The Morgan fingerprint density at radius 1 is 1.06 bits per heavy atom. The van der Waals surface area contributed by atoms with Crippen molar-refractivity contribution in [2.75, 3.05) is 26.2 Å². The zero-order valence-electron chi connectivity index (χ0n) is 11.5. The Kier molecular flexibility index (Phi) is 7.06. The highest BCUT2D eigenvalue weighted by atomic mass is 15.2. The van der Waals surface area contributed by atoms with Crippen molar-refractivity contribution in [3.63, 3.8) is 0 Å². The molecule has 0 atom stereocenters. The quantitative estimate of drug-likeness (QED) is 0.793. The summed E-state index contributed by atoms with van der Waals surface area (Å²) in [6.45, 7) is 11.4. The third-order valence-electron chi connectivity index (χ3n) is 3.95. The molecule has 2 aliphatic rings. The van der Waals surface area contributed by atoms with Gasteiger partial charge in [-0.3, -0.25) is 0 Å². The van der Waals surface area contributed by atoms with Crippen LogP contribution in [0.4, 0.5) is 0 Å². The first-order chi connectivity index (χ1) is 7.90. The lowest BCUT2D eigenvalue weighted by atomic mass is 9.89. The van der Waals surface area contributed by atoms with Gasteiger partial charge in [-0.15, -0.1) is 0 Å². The molecule has 1 aliphatic heterocycles. The van der Waals surface area contributed by atoms with E-state index in [4.69, 9.17) is 0 Å². The predicted molar refractivity (Wildman–Crippen MR) is 71.8 cm³/mol. The second-order valence-corrected chi connectivity index (χ2v) is 4.87. The maximum atomic E-state index is 3.44. The van der Waals surface area contributed by atoms with Crippen molar-refractivity contribution in [1.82, 2.24) is 10.2 Å². The van der Waals surface area contributed by atoms with Gasteiger partial charge in [-0.25, -0.2) is 0 Å². The number of nitrogens with zero attached hydrogens (tertiary/aromatic N) is 1. The Morgan fingerprint density at radius 3 is 2.12 bits per heavy atom. The number of hydrogen-bond donors (Lipinski definition) is 1. The molecule has 96 valence electrons. The second-order valence-electron chi connectivity index (χ2n) is 4.87. The van der Waals surface area contributed by atoms with E-state index in [-0.39, 0.29) is 0 Å². The molecule has 2 fully saturated rings. The molecule has 0 amide bonds. The van der Waals surface area contributed by atoms with Crippen LogP contribution in [0.15, 0.2) is 0 Å². The van der Waals surface area contributed by atoms with Gasteiger partial charge < -0.3 is 10.2 Å². The molecule has 0 aromatic carbocycles. The van der Waals surface area contributed by atoms with E-state index in [0.29, 0.717) is 0 Å². The third kappa shape index (κ3) is 4.06. The first-order valence-electron chi connectivity index (χ1n) is 7.35. The fourth-order valence-corrected chi connectivity index (χ4v) is 2.68. The minimum atomic E-state index is 0.940. The van der Waals surface area contributed by atoms with Crippen LogP contribution in [0, 0.1) is 5.92 Å². The minimum Gasteiger partial charge on any atom is -0.317 e. The molecule has 0 bridgehead atoms. The van der Waals surface area contributed by atoms with Gasteiger partial charge in [0.1, 0.15) is 0 Å². The fourth-order valence-electron chi connectivity index (χ4n) is 2.68. The van der Waals surface area contributed by atoms with Gasteiger partial charge in [0.2, 0.25) is 0 Å². The van der Waals surface area contributed by atoms with Crippen molar-refractivity contribution >= 4 is 0 Å². The van der Waals surface area contributed by atoms with Crippen LogP contribution in [-0.4, -0.2) is 37.1 Å². The maximum absolute atomic E-state index is 3.44. The molecule has 1 saturated heterocycles. The summed E-state index contributed by atoms with van der Waals surface area (Å²) >= 11 is 0. The number of piperidine rings is 1. The molecule has 1 heterocycles. The van der Waals surface area contributed by atoms with E-state index >= 15 is 0 Å². The van der Waals surface area contributed by atoms with E-state index in [1.165, 1.54) is 58.3 Å². The first-order valence-corrected chi connectivity index (χ1v) is 7.35. The summed E-state index contributed by atoms with van der Waals surface area (Å²) in [6, 6.07) is 0.940. The van der Waals surface area contributed by atoms with E-state index < -0.39 is 0 Å². The Labute approximate surface area is 102 Å². The summed E-state index contributed by atoms with van der Waals surface area (Å²) in [5, 5.41) is 3.44. The highest BCUT2D eigenvalue weighted by Crippen LogP contribution is 2.26. The number of rotatable bonds is 4. The summed E-state index contributed by atoms with van der Waals surface area (Å²) in [4.78, 5) is 2.72. The molecule has 16 heavy (non-hydrogen) atoms. The summed E-state index contributed by atoms with van der Waals surface area (Å²) in [5.74, 6) is 0.969. The molecular weight excluding hydrogens is 196 g/mol. The number of hydrogen-bond acceptors (Lipinski definition) is 2. The Balaban J connectivity index is 0.000000606. The zero-order chi connectivity index (χ0) is 11.8. The van der Waals surface area contributed by atoms with Gasteiger partial charge in [0.05, 0.1) is 0 Å². The average Bonchev–Trinajstić information content (AvgIpc) is 2.30. The van der Waals surface area contributed by atoms with Gasteiger partial charge in [0.15, 0.2) is 0 Å². The standard InChI is InChI=1S/C12H24N2.C2H6/c1-2-14(12-4-3-5-12)10-11-6-8-13-9-7-11;1-2/h11-13H,2-10H2,1H3;1-2H3. The lowest BCUT2D eigenvalue weighted by Crippen LogP contribution is -2.44. The molecule has 1 N–H and O–H groups in total. The minimum absolute atomic E-state index is 0.940. The van der Waals surface area contributed by atoms with E-state index in [1.807, 2.05) is 13.8 Å². The molecular formula is C14H30N2. The van der Waals surface area contributed by atoms with Crippen LogP contribution in [-0.2, 0) is 0 Å². The van der Waals surface area contributed by atoms with Crippen molar-refractivity contribution in [1.29, 1.82) is 0 Å². The SMILES string of the molecule is CC.CCN(CC1CCNCC1)C1CCC1. The molecule has 0 aromatic rings. The van der Waals surface area contributed by atoms with E-state index in [1.54, 1.807) is 0 Å². The van der Waals surface area contributed by atoms with E-state index in [0.717, 1.165) is 12.0 Å². The van der Waals surface area contributed by atoms with E-state index in [2.05, 4.69) is 17.1 Å². The van der Waals surface area contributed by atoms with Crippen molar-refractivity contribution in [3.8, 4) is 0 Å². The normalized spacial score (nSPS) is 22.5. The molecule has 1 saturated carbocycles. The molecule has 0 unspecified atom stereocenters. The molecule has 0 spiro atoms. The Bertz CT molecular complexity index is 160. The Morgan fingerprint density at radius 2 is 1.69 bits per heavy atom. The van der Waals surface area contributed by atoms with Gasteiger partial charge in [-0.2, -0.15) is 0 Å². The van der Waals surface area contributed by atoms with Gasteiger partial charge >= 0.3 is 0 Å². The topological polar surface area (TPSA) is 15.3 Å². The molecule has 0 aromatic heterocycles. The zero-order valence-corrected chi connectivity index (χ0v) is 11.5. The van der Waals surface area contributed by atoms with Crippen LogP contribution in [0.25, 0.3) is 0 Å². The summed E-state index contributed by atoms with van der Waals surface area (Å²) in [6.07, 6.45) is 7.16. The molecule has 1 aliphatic carbocycles. The predicted octanol–water partition coefficient (Wildman–Crippen LogP) is 2.89. The average molecular weight is 226 g/mol. The monoisotopic (exact) mass is 226 g/mol. The highest BCUT2D eigenvalue weighted by Gasteiger charge is 2.26. The molecule has 2 rings (SSSR count). The molecule has 0 radical (unpaired) electrons. The first kappa shape index (κ1) is 14.0. The largest absolute Gasteiger partial charge is 0.317 e. The second kappa shape index (κ2) is 8.08. The third-order valence-corrected chi connectivity index (χ3v) is 3.95. The highest BCUT2D eigenvalue weighted by molar-refractivity contribution is 4.82. The van der Waals surface area contributed by atoms with Gasteiger partial charge in [0, 0.05) is 12.6 Å². The van der Waals surface area contributed by atoms with Crippen LogP contribution < -0.4 is 5.32 Å². The summed E-state index contributed by atoms with van der Waals surface area (Å²) in [5.41, 5.74) is 0. The van der Waals surface area contributed by atoms with Crippen LogP contribution in [0.1, 0.15) is 52.9 Å². The lowest BCUT2D eigenvalue weighted by molar-refractivity contribution is 0.105. The Hall–Kier alpha value is -0.0800. The van der Waals surface area contributed by atoms with Gasteiger partial charge in [-0.05, 0) is 51.2 Å². The van der Waals surface area contributed by atoms with Crippen molar-refractivity contribution < 1.29 is 0 Å². The van der Waals surface area contributed by atoms with Gasteiger partial charge in [0.25, 0.3) is 0 Å². The molecule has 2 nitrogen and oxygen atoms in total. The maximum Gasteiger partial charge on any atom is 0.00952 e. The van der Waals surface area contributed by atoms with Crippen LogP contribution in [0.2, 0.25) is 0 Å². The van der Waals surface area contributed by atoms with Crippen molar-refractivity contribution in [2.24, 2.45) is 5.92 Å². The fraction of sp³-hybridized carbons (Fsp3) is 1.00. The summed E-state index contributed by atoms with van der Waals surface area (Å²) < 4.78 is 0. The number of nitrogens with one attached hydrogen (secondary N) is 1. The van der Waals surface area contributed by atoms with Gasteiger partial charge in [-0.1, -0.05) is 27.2 Å². The smallest absolute Gasteiger partial charge is 0.00952 e.